The maximum Gasteiger partial charge on any atom is 0.308 e. The van der Waals surface area contributed by atoms with Crippen molar-refractivity contribution in [1.29, 1.82) is 0 Å². The largest absolute Gasteiger partial charge is 0.465 e. The Kier molecular flexibility index (Phi) is 48.2. The Bertz CT molecular complexity index is 2730. The minimum absolute atomic E-state index is 0.0000123. The molecule has 2 bridgehead atoms. The molecule has 0 aromatic heterocycles. The van der Waals surface area contributed by atoms with Crippen LogP contribution in [0.1, 0.15) is 348 Å². The first kappa shape index (κ1) is 104. The number of carbonyl (C=O) groups excluding carboxylic acids is 10. The van der Waals surface area contributed by atoms with Crippen molar-refractivity contribution in [2.24, 2.45) is 80.8 Å². The zero-order valence-corrected chi connectivity index (χ0v) is 74.0. The standard InChI is InChI=1S/C15H28O2.C14H22O2.C13H25NO2.C12H23NO2.C11H20O2.C10H16O2.C8H16O2.C4H10O2S/c1-11(2)13(17)15(6,7)10-8-9-14(4,5)12(3)16;1-10(2)12(16)14-7-4-13(5-8-14,6-9-14)11(3)15;1-9(2)11(15)16-10-7-12(3,4)14-13(5,6)8-10;1-11(2)12(14)15-10-6-9-13-7-4-3-5-8-13;1-8(2)11(12)13-10-6-4-9(3)5-7-10;1-6(2)10(12)9-5-4-8(9)7(3)11;1-4-5-6-10-8(9)7(2)3;1-4(2)7(3,5)6/h11H,8-10H2,1-7H3;10H,4-9H2,1-3H3;9-10,14H,7-8H2,1-6H3;11H,3-10H2,1-2H3;8-10H,4-7H2,1-3H3;6,8-9H,4-5H2,1-3H3;7H,4-6H2,1-3H3;4H,1-3H3/t;;;;;8-,9+;;/m.....0../s1. The highest BCUT2D eigenvalue weighted by atomic mass is 32.2. The van der Waals surface area contributed by atoms with E-state index in [0.717, 1.165) is 128 Å². The van der Waals surface area contributed by atoms with Gasteiger partial charge in [-0.3, -0.25) is 47.9 Å². The Morgan fingerprint density at radius 3 is 1.23 bits per heavy atom. The molecule has 106 heavy (non-hydrogen) atoms. The molecule has 2 aliphatic heterocycles. The number of nitrogens with one attached hydrogen (secondary N) is 1. The number of ketones is 6. The third-order valence-corrected chi connectivity index (χ3v) is 23.7. The van der Waals surface area contributed by atoms with Gasteiger partial charge in [-0.2, -0.15) is 0 Å². The monoisotopic (exact) mass is 1520 g/mol. The number of fused-ring (bicyclic) bond motifs is 3. The Morgan fingerprint density at radius 1 is 0.491 bits per heavy atom. The molecule has 5 saturated carbocycles. The van der Waals surface area contributed by atoms with Crippen molar-refractivity contribution in [2.75, 3.05) is 39.1 Å². The summed E-state index contributed by atoms with van der Waals surface area (Å²) in [7, 11) is -2.74. The highest BCUT2D eigenvalue weighted by molar-refractivity contribution is 7.91. The van der Waals surface area contributed by atoms with Crippen LogP contribution in [0.4, 0.5) is 0 Å². The summed E-state index contributed by atoms with van der Waals surface area (Å²) in [5, 5.41) is 3.34. The zero-order valence-electron chi connectivity index (χ0n) is 73.2. The maximum absolute atomic E-state index is 12.3. The first-order valence-corrected chi connectivity index (χ1v) is 43.0. The Labute approximate surface area is 647 Å². The van der Waals surface area contributed by atoms with Gasteiger partial charge in [0.1, 0.15) is 56.7 Å². The van der Waals surface area contributed by atoms with Crippen LogP contribution in [0.25, 0.3) is 0 Å². The van der Waals surface area contributed by atoms with E-state index >= 15 is 0 Å². The van der Waals surface area contributed by atoms with E-state index in [1.807, 2.05) is 125 Å². The molecule has 0 aromatic rings. The van der Waals surface area contributed by atoms with E-state index in [1.165, 1.54) is 51.4 Å². The van der Waals surface area contributed by atoms with Crippen molar-refractivity contribution in [1.82, 2.24) is 10.2 Å². The molecular formula is C87H160N2O16S. The van der Waals surface area contributed by atoms with E-state index in [4.69, 9.17) is 18.9 Å². The van der Waals surface area contributed by atoms with Gasteiger partial charge in [0.15, 0.2) is 0 Å². The fourth-order valence-corrected chi connectivity index (χ4v) is 14.1. The predicted octanol–water partition coefficient (Wildman–Crippen LogP) is 18.7. The van der Waals surface area contributed by atoms with E-state index in [9.17, 15) is 56.4 Å². The van der Waals surface area contributed by atoms with Crippen LogP contribution in [0.15, 0.2) is 0 Å². The van der Waals surface area contributed by atoms with E-state index < -0.39 is 9.84 Å². The Hall–Kier alpha value is -4.23. The number of hydrogen-bond acceptors (Lipinski definition) is 18. The quantitative estimate of drug-likeness (QED) is 0.0455. The summed E-state index contributed by atoms with van der Waals surface area (Å²) in [5.74, 6) is 2.67. The van der Waals surface area contributed by atoms with Gasteiger partial charge in [-0.15, -0.1) is 0 Å². The molecule has 0 aromatic carbocycles. The number of Topliss-reactive ketones (excluding diaryl/α,β-unsaturated/α-hetero) is 6. The molecule has 0 radical (unpaired) electrons. The Morgan fingerprint density at radius 2 is 0.887 bits per heavy atom. The number of piperidine rings is 2. The topological polar surface area (TPSA) is 257 Å². The van der Waals surface area contributed by atoms with Crippen LogP contribution in [0.5, 0.6) is 0 Å². The van der Waals surface area contributed by atoms with Crippen LogP contribution in [0.3, 0.4) is 0 Å². The van der Waals surface area contributed by atoms with Crippen LogP contribution in [-0.2, 0) is 76.7 Å². The van der Waals surface area contributed by atoms with E-state index in [0.29, 0.717) is 30.6 Å². The van der Waals surface area contributed by atoms with Crippen molar-refractivity contribution in [3.8, 4) is 0 Å². The van der Waals surface area contributed by atoms with Crippen molar-refractivity contribution >= 4 is 68.4 Å². The average Bonchev–Trinajstić information content (AvgIpc) is 0.745. The van der Waals surface area contributed by atoms with Crippen LogP contribution >= 0.6 is 0 Å². The fraction of sp³-hybridized carbons (Fsp3) is 0.885. The van der Waals surface area contributed by atoms with Gasteiger partial charge < -0.3 is 29.2 Å². The van der Waals surface area contributed by atoms with E-state index in [2.05, 4.69) is 51.8 Å². The molecule has 0 amide bonds. The number of nitrogens with zero attached hydrogens (tertiary/aromatic N) is 1. The van der Waals surface area contributed by atoms with Crippen molar-refractivity contribution in [2.45, 2.75) is 377 Å². The second kappa shape index (κ2) is 49.2. The molecule has 620 valence electrons. The highest BCUT2D eigenvalue weighted by Crippen LogP contribution is 2.58. The van der Waals surface area contributed by atoms with Gasteiger partial charge in [-0.05, 0) is 197 Å². The third kappa shape index (κ3) is 41.2. The number of unbranched alkanes of at least 4 members (excludes halogenated alkanes) is 1. The third-order valence-electron chi connectivity index (χ3n) is 22.0. The lowest BCUT2D eigenvalue weighted by atomic mass is 9.50. The van der Waals surface area contributed by atoms with Crippen LogP contribution < -0.4 is 5.32 Å². The van der Waals surface area contributed by atoms with Gasteiger partial charge in [-0.25, -0.2) is 8.42 Å². The highest BCUT2D eigenvalue weighted by Gasteiger charge is 2.54. The fourth-order valence-electron chi connectivity index (χ4n) is 14.1. The van der Waals surface area contributed by atoms with Crippen LogP contribution in [0, 0.1) is 80.8 Å². The van der Waals surface area contributed by atoms with E-state index in [-0.39, 0.29) is 145 Å². The second-order valence-electron chi connectivity index (χ2n) is 36.9. The van der Waals surface area contributed by atoms with Gasteiger partial charge in [0.2, 0.25) is 0 Å². The minimum Gasteiger partial charge on any atom is -0.465 e. The summed E-state index contributed by atoms with van der Waals surface area (Å²) >= 11 is 0. The normalized spacial score (nSPS) is 22.5. The lowest BCUT2D eigenvalue weighted by Crippen LogP contribution is -2.59. The predicted molar refractivity (Wildman–Crippen MR) is 431 cm³/mol. The zero-order chi connectivity index (χ0) is 82.7. The maximum atomic E-state index is 12.3. The molecule has 0 unspecified atom stereocenters. The SMILES string of the molecule is CC(=O)C(C)(C)CCCC(C)(C)C(=O)C(C)C.CC(=O)C12CCC(C(=O)C(C)C)(CC1)CC2.CC(=O)[C@@H]1CC[C@H]1C(=O)C(C)C.CC(C)C(=O)OC1CC(C)(C)NC(C)(C)C1.CC(C)C(=O)OCCCN1CCCCC1.CC(C)S(C)(=O)=O.CC1CCC(OC(=O)C(C)C)CC1.CCCCOC(=O)C(C)C. The van der Waals surface area contributed by atoms with Crippen molar-refractivity contribution in [3.05, 3.63) is 0 Å². The van der Waals surface area contributed by atoms with Crippen molar-refractivity contribution < 1.29 is 75.3 Å². The summed E-state index contributed by atoms with van der Waals surface area (Å²) in [6, 6.07) is 0. The molecule has 7 aliphatic rings. The van der Waals surface area contributed by atoms with Gasteiger partial charge in [0, 0.05) is 88.0 Å². The van der Waals surface area contributed by atoms with Gasteiger partial charge >= 0.3 is 23.9 Å². The average molecular weight is 1520 g/mol. The van der Waals surface area contributed by atoms with Crippen molar-refractivity contribution in [3.63, 3.8) is 0 Å². The Balaban J connectivity index is 0. The lowest BCUT2D eigenvalue weighted by molar-refractivity contribution is -0.157. The van der Waals surface area contributed by atoms with Crippen LogP contribution in [-0.4, -0.2) is 140 Å². The number of ether oxygens (including phenoxy) is 4. The minimum atomic E-state index is -2.74. The molecule has 19 heteroatoms. The molecule has 7 rings (SSSR count). The summed E-state index contributed by atoms with van der Waals surface area (Å²) in [5.41, 5.74) is -0.574. The first-order chi connectivity index (χ1) is 48.5. The molecule has 5 aliphatic carbocycles. The molecule has 2 atom stereocenters. The number of esters is 4. The number of carbonyl (C=O) groups is 10. The van der Waals surface area contributed by atoms with Gasteiger partial charge in [0.05, 0.1) is 42.1 Å². The second-order valence-corrected chi connectivity index (χ2v) is 39.5. The van der Waals surface area contributed by atoms with Crippen LogP contribution in [0.2, 0.25) is 0 Å². The van der Waals surface area contributed by atoms with Gasteiger partial charge in [-0.1, -0.05) is 158 Å². The molecule has 1 N–H and O–H groups in total. The number of rotatable bonds is 27. The molecule has 7 fully saturated rings. The summed E-state index contributed by atoms with van der Waals surface area (Å²) in [4.78, 5) is 117. The molecule has 18 nitrogen and oxygen atoms in total. The number of likely N-dealkylation sites (tertiary alicyclic amines) is 1. The molecule has 2 saturated heterocycles. The molecule has 2 heterocycles. The number of sulfone groups is 1. The summed E-state index contributed by atoms with van der Waals surface area (Å²) in [6.45, 7) is 60.5. The summed E-state index contributed by atoms with van der Waals surface area (Å²) in [6.07, 6.45) is 25.0. The lowest BCUT2D eigenvalue weighted by Gasteiger charge is -2.52. The molecule has 0 spiro atoms. The summed E-state index contributed by atoms with van der Waals surface area (Å²) < 4.78 is 41.6. The molecular weight excluding hydrogens is 1360 g/mol. The first-order valence-electron chi connectivity index (χ1n) is 41.1. The smallest absolute Gasteiger partial charge is 0.308 e. The van der Waals surface area contributed by atoms with Gasteiger partial charge in [0.25, 0.3) is 0 Å². The van der Waals surface area contributed by atoms with E-state index in [1.54, 1.807) is 34.6 Å². The number of hydrogen-bond donors (Lipinski definition) is 1.